The third-order valence-electron chi connectivity index (χ3n) is 5.44. The minimum atomic E-state index is -0.141. The number of fused-ring (bicyclic) bond motifs is 2. The summed E-state index contributed by atoms with van der Waals surface area (Å²) in [5.41, 5.74) is 2.05. The van der Waals surface area contributed by atoms with Gasteiger partial charge in [-0.1, -0.05) is 0 Å². The van der Waals surface area contributed by atoms with E-state index in [1.54, 1.807) is 19.0 Å². The van der Waals surface area contributed by atoms with Gasteiger partial charge < -0.3 is 19.7 Å². The Kier molecular flexibility index (Phi) is 3.79. The lowest BCUT2D eigenvalue weighted by atomic mass is 9.85. The van der Waals surface area contributed by atoms with Crippen molar-refractivity contribution in [1.82, 2.24) is 34.4 Å². The van der Waals surface area contributed by atoms with Gasteiger partial charge in [-0.15, -0.1) is 0 Å². The molecule has 4 rings (SSSR count). The molecule has 0 radical (unpaired) electrons. The van der Waals surface area contributed by atoms with Gasteiger partial charge in [0, 0.05) is 53.5 Å². The van der Waals surface area contributed by atoms with Crippen molar-refractivity contribution >= 4 is 6.03 Å². The van der Waals surface area contributed by atoms with Gasteiger partial charge in [-0.2, -0.15) is 5.10 Å². The van der Waals surface area contributed by atoms with Crippen LogP contribution in [0.1, 0.15) is 18.7 Å². The number of aromatic nitrogens is 4. The first-order valence-electron chi connectivity index (χ1n) is 8.77. The Morgan fingerprint density at radius 1 is 1.24 bits per heavy atom. The third kappa shape index (κ3) is 2.52. The topological polar surface area (TPSA) is 71.2 Å². The number of nitrogens with zero attached hydrogens (tertiary/aromatic N) is 6. The molecule has 1 saturated heterocycles. The average Bonchev–Trinajstić information content (AvgIpc) is 3.21. The maximum absolute atomic E-state index is 12.2. The number of carbonyl (C=O) groups excluding carboxylic acids is 1. The Morgan fingerprint density at radius 2 is 2.00 bits per heavy atom. The van der Waals surface area contributed by atoms with Crippen LogP contribution in [0.3, 0.4) is 0 Å². The van der Waals surface area contributed by atoms with Crippen molar-refractivity contribution in [2.24, 2.45) is 7.05 Å². The molecule has 134 valence electrons. The number of piperidine rings is 1. The van der Waals surface area contributed by atoms with Gasteiger partial charge in [-0.3, -0.25) is 4.68 Å². The molecular weight excluding hydrogens is 318 g/mol. The molecule has 0 bridgehead atoms. The van der Waals surface area contributed by atoms with Gasteiger partial charge in [-0.05, 0) is 18.9 Å². The number of urea groups is 1. The van der Waals surface area contributed by atoms with Crippen LogP contribution in [0.25, 0.3) is 11.4 Å². The second-order valence-corrected chi connectivity index (χ2v) is 7.13. The normalized spacial score (nSPS) is 19.1. The molecule has 0 unspecified atom stereocenters. The fraction of sp³-hybridized carbons (Fsp3) is 0.588. The Labute approximate surface area is 147 Å². The van der Waals surface area contributed by atoms with Crippen LogP contribution in [0.2, 0.25) is 0 Å². The number of hydrogen-bond acceptors (Lipinski definition) is 4. The summed E-state index contributed by atoms with van der Waals surface area (Å²) in [6.07, 6.45) is 5.54. The predicted molar refractivity (Wildman–Crippen MR) is 94.0 cm³/mol. The van der Waals surface area contributed by atoms with Crippen LogP contribution in [-0.2, 0) is 19.1 Å². The van der Waals surface area contributed by atoms with E-state index in [0.717, 1.165) is 56.2 Å². The minimum Gasteiger partial charge on any atom is -0.331 e. The highest BCUT2D eigenvalue weighted by Crippen LogP contribution is 2.36. The molecule has 2 aliphatic heterocycles. The SMILES string of the molecule is CN(C)C(=O)N1CCC2(CC1)NCCn1c(-c3ccnn3C)cnc12. The highest BCUT2D eigenvalue weighted by atomic mass is 16.2. The zero-order valence-electron chi connectivity index (χ0n) is 15.1. The number of rotatable bonds is 1. The maximum Gasteiger partial charge on any atom is 0.319 e. The first kappa shape index (κ1) is 16.1. The molecule has 2 aliphatic rings. The van der Waals surface area contributed by atoms with Gasteiger partial charge in [0.1, 0.15) is 5.82 Å². The van der Waals surface area contributed by atoms with Crippen molar-refractivity contribution in [2.75, 3.05) is 33.7 Å². The minimum absolute atomic E-state index is 0.0876. The van der Waals surface area contributed by atoms with Gasteiger partial charge in [-0.25, -0.2) is 9.78 Å². The van der Waals surface area contributed by atoms with Crippen molar-refractivity contribution in [2.45, 2.75) is 24.9 Å². The van der Waals surface area contributed by atoms with Crippen molar-refractivity contribution in [3.05, 3.63) is 24.3 Å². The third-order valence-corrected chi connectivity index (χ3v) is 5.44. The Balaban J connectivity index is 1.62. The number of imidazole rings is 1. The van der Waals surface area contributed by atoms with Gasteiger partial charge in [0.25, 0.3) is 0 Å². The Morgan fingerprint density at radius 3 is 2.64 bits per heavy atom. The van der Waals surface area contributed by atoms with Crippen molar-refractivity contribution in [1.29, 1.82) is 0 Å². The summed E-state index contributed by atoms with van der Waals surface area (Å²) >= 11 is 0. The number of amides is 2. The molecule has 2 amide bonds. The van der Waals surface area contributed by atoms with Crippen LogP contribution < -0.4 is 5.32 Å². The summed E-state index contributed by atoms with van der Waals surface area (Å²) in [7, 11) is 5.56. The summed E-state index contributed by atoms with van der Waals surface area (Å²) in [5.74, 6) is 1.09. The molecule has 25 heavy (non-hydrogen) atoms. The predicted octanol–water partition coefficient (Wildman–Crippen LogP) is 0.860. The molecule has 4 heterocycles. The number of hydrogen-bond donors (Lipinski definition) is 1. The summed E-state index contributed by atoms with van der Waals surface area (Å²) < 4.78 is 4.20. The molecule has 1 spiro atoms. The molecule has 1 N–H and O–H groups in total. The van der Waals surface area contributed by atoms with Crippen LogP contribution in [0.15, 0.2) is 18.5 Å². The lowest BCUT2D eigenvalue weighted by Gasteiger charge is -2.45. The molecule has 0 saturated carbocycles. The fourth-order valence-corrected chi connectivity index (χ4v) is 4.06. The van der Waals surface area contributed by atoms with E-state index in [0.29, 0.717) is 0 Å². The molecule has 8 nitrogen and oxygen atoms in total. The average molecular weight is 343 g/mol. The van der Waals surface area contributed by atoms with E-state index < -0.39 is 0 Å². The largest absolute Gasteiger partial charge is 0.331 e. The van der Waals surface area contributed by atoms with Crippen LogP contribution in [0.5, 0.6) is 0 Å². The van der Waals surface area contributed by atoms with Crippen molar-refractivity contribution in [3.63, 3.8) is 0 Å². The van der Waals surface area contributed by atoms with Gasteiger partial charge >= 0.3 is 6.03 Å². The zero-order chi connectivity index (χ0) is 17.6. The van der Waals surface area contributed by atoms with Crippen LogP contribution >= 0.6 is 0 Å². The van der Waals surface area contributed by atoms with E-state index in [1.165, 1.54) is 0 Å². The second-order valence-electron chi connectivity index (χ2n) is 7.13. The number of carbonyl (C=O) groups is 1. The number of nitrogens with one attached hydrogen (secondary N) is 1. The molecular formula is C17H25N7O. The van der Waals surface area contributed by atoms with E-state index in [4.69, 9.17) is 4.98 Å². The molecule has 2 aromatic rings. The molecule has 8 heteroatoms. The van der Waals surface area contributed by atoms with Crippen molar-refractivity contribution in [3.8, 4) is 11.4 Å². The Hall–Kier alpha value is -2.35. The quantitative estimate of drug-likeness (QED) is 0.834. The monoisotopic (exact) mass is 343 g/mol. The standard InChI is InChI=1S/C17H25N7O/c1-21(2)16(25)23-9-5-17(6-10-23)15-18-12-14(24(15)11-8-19-17)13-4-7-20-22(13)3/h4,7,12,19H,5-6,8-11H2,1-3H3. The van der Waals surface area contributed by atoms with E-state index in [2.05, 4.69) is 15.0 Å². The van der Waals surface area contributed by atoms with E-state index in [1.807, 2.05) is 35.1 Å². The maximum atomic E-state index is 12.2. The summed E-state index contributed by atoms with van der Waals surface area (Å²) in [4.78, 5) is 20.6. The summed E-state index contributed by atoms with van der Waals surface area (Å²) in [5, 5.41) is 7.98. The van der Waals surface area contributed by atoms with Crippen LogP contribution in [0, 0.1) is 0 Å². The van der Waals surface area contributed by atoms with Crippen molar-refractivity contribution < 1.29 is 4.79 Å². The zero-order valence-corrected chi connectivity index (χ0v) is 15.1. The number of aryl methyl sites for hydroxylation is 1. The van der Waals surface area contributed by atoms with E-state index in [9.17, 15) is 4.79 Å². The first-order chi connectivity index (χ1) is 12.0. The smallest absolute Gasteiger partial charge is 0.319 e. The first-order valence-corrected chi connectivity index (χ1v) is 8.77. The summed E-state index contributed by atoms with van der Waals surface area (Å²) in [6.45, 7) is 3.31. The van der Waals surface area contributed by atoms with Crippen LogP contribution in [0.4, 0.5) is 4.79 Å². The molecule has 0 aromatic carbocycles. The van der Waals surface area contributed by atoms with E-state index in [-0.39, 0.29) is 11.6 Å². The lowest BCUT2D eigenvalue weighted by Crippen LogP contribution is -2.57. The van der Waals surface area contributed by atoms with Gasteiger partial charge in [0.2, 0.25) is 0 Å². The number of likely N-dealkylation sites (tertiary alicyclic amines) is 1. The molecule has 2 aromatic heterocycles. The lowest BCUT2D eigenvalue weighted by molar-refractivity contribution is 0.111. The Bertz CT molecular complexity index is 783. The highest BCUT2D eigenvalue weighted by Gasteiger charge is 2.43. The van der Waals surface area contributed by atoms with E-state index >= 15 is 0 Å². The molecule has 1 fully saturated rings. The highest BCUT2D eigenvalue weighted by molar-refractivity contribution is 5.74. The summed E-state index contributed by atoms with van der Waals surface area (Å²) in [6, 6.07) is 2.11. The van der Waals surface area contributed by atoms with Gasteiger partial charge in [0.05, 0.1) is 23.1 Å². The second kappa shape index (κ2) is 5.87. The van der Waals surface area contributed by atoms with Crippen LogP contribution in [-0.4, -0.2) is 68.9 Å². The fourth-order valence-electron chi connectivity index (χ4n) is 4.06. The molecule has 0 atom stereocenters. The molecule has 0 aliphatic carbocycles. The van der Waals surface area contributed by atoms with Gasteiger partial charge in [0.15, 0.2) is 0 Å².